The van der Waals surface area contributed by atoms with Crippen LogP contribution in [0.5, 0.6) is 0 Å². The maximum absolute atomic E-state index is 9.95. The number of carbonyl (C=O) groups is 1. The molecular weight excluding hydrogens is 192 g/mol. The molecule has 0 unspecified atom stereocenters. The second-order valence-electron chi connectivity index (χ2n) is 3.32. The highest BCUT2D eigenvalue weighted by Crippen LogP contribution is 2.06. The van der Waals surface area contributed by atoms with Gasteiger partial charge in [0.1, 0.15) is 0 Å². The SMILES string of the molecule is CC=CCCCCCCC=COC(=O)O. The standard InChI is InChI=1S/C12H20O3/c1-2-3-4-5-6-7-8-9-10-11-15-12(13)14/h2-3,10-11H,4-9H2,1H3,(H,13,14). The fraction of sp³-hybridized carbons (Fsp3) is 0.583. The lowest BCUT2D eigenvalue weighted by Gasteiger charge is -1.96. The van der Waals surface area contributed by atoms with Gasteiger partial charge in [-0.3, -0.25) is 0 Å². The van der Waals surface area contributed by atoms with Crippen LogP contribution in [0.25, 0.3) is 0 Å². The topological polar surface area (TPSA) is 46.5 Å². The Hall–Kier alpha value is -1.25. The van der Waals surface area contributed by atoms with Crippen LogP contribution < -0.4 is 0 Å². The summed E-state index contributed by atoms with van der Waals surface area (Å²) in [7, 11) is 0. The number of allylic oxidation sites excluding steroid dienone is 3. The summed E-state index contributed by atoms with van der Waals surface area (Å²) in [6.45, 7) is 2.03. The Morgan fingerprint density at radius 1 is 1.13 bits per heavy atom. The molecule has 0 aliphatic heterocycles. The quantitative estimate of drug-likeness (QED) is 0.285. The van der Waals surface area contributed by atoms with E-state index in [1.54, 1.807) is 6.08 Å². The Morgan fingerprint density at radius 3 is 2.27 bits per heavy atom. The van der Waals surface area contributed by atoms with Crippen LogP contribution in [0.1, 0.15) is 45.4 Å². The van der Waals surface area contributed by atoms with E-state index in [-0.39, 0.29) is 0 Å². The van der Waals surface area contributed by atoms with Crippen molar-refractivity contribution in [2.45, 2.75) is 45.4 Å². The minimum Gasteiger partial charge on any atom is -0.449 e. The molecule has 0 atom stereocenters. The summed E-state index contributed by atoms with van der Waals surface area (Å²) in [5, 5.41) is 8.16. The molecule has 86 valence electrons. The predicted octanol–water partition coefficient (Wildman–Crippen LogP) is 4.11. The van der Waals surface area contributed by atoms with E-state index in [0.29, 0.717) is 0 Å². The van der Waals surface area contributed by atoms with Crippen LogP contribution in [0.15, 0.2) is 24.5 Å². The number of hydrogen-bond donors (Lipinski definition) is 1. The molecule has 0 heterocycles. The molecule has 0 aliphatic carbocycles. The van der Waals surface area contributed by atoms with Gasteiger partial charge in [0, 0.05) is 0 Å². The minimum absolute atomic E-state index is 0.886. The number of unbranched alkanes of at least 4 members (excludes halogenated alkanes) is 5. The average Bonchev–Trinajstić information content (AvgIpc) is 2.20. The van der Waals surface area contributed by atoms with Crippen LogP contribution in [0.3, 0.4) is 0 Å². The van der Waals surface area contributed by atoms with Crippen molar-refractivity contribution >= 4 is 6.16 Å². The summed E-state index contributed by atoms with van der Waals surface area (Å²) < 4.78 is 4.23. The van der Waals surface area contributed by atoms with Crippen molar-refractivity contribution in [1.82, 2.24) is 0 Å². The fourth-order valence-electron chi connectivity index (χ4n) is 1.22. The van der Waals surface area contributed by atoms with E-state index in [1.807, 2.05) is 6.92 Å². The average molecular weight is 212 g/mol. The normalized spacial score (nSPS) is 11.3. The minimum atomic E-state index is -1.25. The van der Waals surface area contributed by atoms with Gasteiger partial charge in [0.25, 0.3) is 0 Å². The van der Waals surface area contributed by atoms with E-state index in [2.05, 4.69) is 16.9 Å². The van der Waals surface area contributed by atoms with E-state index >= 15 is 0 Å². The molecule has 3 nitrogen and oxygen atoms in total. The maximum Gasteiger partial charge on any atom is 0.510 e. The van der Waals surface area contributed by atoms with Crippen LogP contribution >= 0.6 is 0 Å². The molecule has 0 rings (SSSR count). The first-order chi connectivity index (χ1) is 7.27. The summed E-state index contributed by atoms with van der Waals surface area (Å²) in [6, 6.07) is 0. The number of ether oxygens (including phenoxy) is 1. The summed E-state index contributed by atoms with van der Waals surface area (Å²) in [5.74, 6) is 0. The van der Waals surface area contributed by atoms with Crippen molar-refractivity contribution < 1.29 is 14.6 Å². The van der Waals surface area contributed by atoms with Gasteiger partial charge in [0.2, 0.25) is 0 Å². The Bertz CT molecular complexity index is 207. The predicted molar refractivity (Wildman–Crippen MR) is 60.8 cm³/mol. The lowest BCUT2D eigenvalue weighted by molar-refractivity contribution is 0.128. The molecule has 0 aliphatic rings. The van der Waals surface area contributed by atoms with Crippen molar-refractivity contribution in [3.05, 3.63) is 24.5 Å². The third kappa shape index (κ3) is 12.8. The molecule has 0 aromatic heterocycles. The summed E-state index contributed by atoms with van der Waals surface area (Å²) in [6.07, 6.45) is 12.8. The molecule has 3 heteroatoms. The molecule has 0 saturated carbocycles. The highest BCUT2D eigenvalue weighted by Gasteiger charge is 1.89. The van der Waals surface area contributed by atoms with Crippen LogP contribution in [-0.2, 0) is 4.74 Å². The zero-order valence-electron chi connectivity index (χ0n) is 9.32. The van der Waals surface area contributed by atoms with Gasteiger partial charge in [-0.25, -0.2) is 4.79 Å². The Labute approximate surface area is 91.4 Å². The number of hydrogen-bond acceptors (Lipinski definition) is 2. The van der Waals surface area contributed by atoms with Crippen LogP contribution in [0.4, 0.5) is 4.79 Å². The first-order valence-electron chi connectivity index (χ1n) is 5.43. The van der Waals surface area contributed by atoms with Gasteiger partial charge in [-0.2, -0.15) is 0 Å². The Morgan fingerprint density at radius 2 is 1.73 bits per heavy atom. The summed E-state index contributed by atoms with van der Waals surface area (Å²) in [4.78, 5) is 9.95. The highest BCUT2D eigenvalue weighted by molar-refractivity contribution is 5.57. The largest absolute Gasteiger partial charge is 0.510 e. The number of carboxylic acid groups (broad SMARTS) is 1. The van der Waals surface area contributed by atoms with Gasteiger partial charge in [-0.1, -0.05) is 25.0 Å². The van der Waals surface area contributed by atoms with Gasteiger partial charge in [0.15, 0.2) is 0 Å². The molecule has 0 amide bonds. The summed E-state index contributed by atoms with van der Waals surface area (Å²) >= 11 is 0. The van der Waals surface area contributed by atoms with E-state index in [4.69, 9.17) is 5.11 Å². The molecule has 0 spiro atoms. The second kappa shape index (κ2) is 10.8. The monoisotopic (exact) mass is 212 g/mol. The Balaban J connectivity index is 3.11. The molecular formula is C12H20O3. The lowest BCUT2D eigenvalue weighted by atomic mass is 10.1. The molecule has 0 aromatic rings. The molecule has 0 aromatic carbocycles. The molecule has 0 fully saturated rings. The van der Waals surface area contributed by atoms with Gasteiger partial charge in [0.05, 0.1) is 6.26 Å². The van der Waals surface area contributed by atoms with Gasteiger partial charge >= 0.3 is 6.16 Å². The van der Waals surface area contributed by atoms with Gasteiger partial charge in [-0.15, -0.1) is 0 Å². The summed E-state index contributed by atoms with van der Waals surface area (Å²) in [5.41, 5.74) is 0. The van der Waals surface area contributed by atoms with Crippen molar-refractivity contribution in [2.75, 3.05) is 0 Å². The van der Waals surface area contributed by atoms with E-state index < -0.39 is 6.16 Å². The van der Waals surface area contributed by atoms with E-state index in [9.17, 15) is 4.79 Å². The molecule has 0 saturated heterocycles. The smallest absolute Gasteiger partial charge is 0.449 e. The second-order valence-corrected chi connectivity index (χ2v) is 3.32. The Kier molecular flexibility index (Phi) is 9.93. The van der Waals surface area contributed by atoms with Gasteiger partial charge < -0.3 is 9.84 Å². The third-order valence-corrected chi connectivity index (χ3v) is 1.99. The first-order valence-corrected chi connectivity index (χ1v) is 5.43. The first kappa shape index (κ1) is 13.8. The van der Waals surface area contributed by atoms with E-state index in [0.717, 1.165) is 19.3 Å². The van der Waals surface area contributed by atoms with Crippen molar-refractivity contribution in [1.29, 1.82) is 0 Å². The van der Waals surface area contributed by atoms with Crippen molar-refractivity contribution in [2.24, 2.45) is 0 Å². The lowest BCUT2D eigenvalue weighted by Crippen LogP contribution is -1.91. The van der Waals surface area contributed by atoms with Gasteiger partial charge in [-0.05, 0) is 38.7 Å². The zero-order valence-corrected chi connectivity index (χ0v) is 9.32. The highest BCUT2D eigenvalue weighted by atomic mass is 16.7. The maximum atomic E-state index is 9.95. The molecule has 15 heavy (non-hydrogen) atoms. The molecule has 1 N–H and O–H groups in total. The van der Waals surface area contributed by atoms with Crippen LogP contribution in [0, 0.1) is 0 Å². The van der Waals surface area contributed by atoms with Crippen molar-refractivity contribution in [3.8, 4) is 0 Å². The van der Waals surface area contributed by atoms with Crippen LogP contribution in [0.2, 0.25) is 0 Å². The fourth-order valence-corrected chi connectivity index (χ4v) is 1.22. The number of rotatable bonds is 8. The third-order valence-electron chi connectivity index (χ3n) is 1.99. The molecule has 0 bridgehead atoms. The van der Waals surface area contributed by atoms with Crippen LogP contribution in [-0.4, -0.2) is 11.3 Å². The molecule has 0 radical (unpaired) electrons. The van der Waals surface area contributed by atoms with Crippen molar-refractivity contribution in [3.63, 3.8) is 0 Å². The van der Waals surface area contributed by atoms with E-state index in [1.165, 1.54) is 25.5 Å². The zero-order chi connectivity index (χ0) is 11.4.